The van der Waals surface area contributed by atoms with Crippen molar-refractivity contribution in [2.75, 3.05) is 0 Å². The summed E-state index contributed by atoms with van der Waals surface area (Å²) >= 11 is 29.3. The number of phenolic OH excluding ortho intramolecular Hbond substituents is 1. The minimum Gasteiger partial charge on any atom is -0.506 e. The first-order valence-corrected chi connectivity index (χ1v) is 12.7. The van der Waals surface area contributed by atoms with Crippen molar-refractivity contribution in [3.05, 3.63) is 66.3 Å². The maximum Gasteiger partial charge on any atom is 0.337 e. The Balaban J connectivity index is 2.43. The third-order valence-corrected chi connectivity index (χ3v) is 8.75. The summed E-state index contributed by atoms with van der Waals surface area (Å²) < 4.78 is 7.02. The lowest BCUT2D eigenvalue weighted by molar-refractivity contribution is 0.0698. The first-order valence-electron chi connectivity index (χ1n) is 9.05. The van der Waals surface area contributed by atoms with Gasteiger partial charge in [-0.25, -0.2) is 4.79 Å². The molecule has 0 amide bonds. The SMILES string of the molecule is Cc1c2oc3c(C)c(O)c(I)cc3c(-c3c(Cl)c(Cl)c(Cl)c(Cl)c3C(=O)O)c-2cc(I)c1=O. The summed E-state index contributed by atoms with van der Waals surface area (Å²) in [5, 5.41) is 20.3. The molecule has 0 bridgehead atoms. The molecule has 2 aromatic rings. The quantitative estimate of drug-likeness (QED) is 0.0931. The molecule has 0 saturated carbocycles. The van der Waals surface area contributed by atoms with E-state index in [0.29, 0.717) is 34.8 Å². The van der Waals surface area contributed by atoms with E-state index in [9.17, 15) is 19.8 Å². The van der Waals surface area contributed by atoms with Gasteiger partial charge in [-0.15, -0.1) is 0 Å². The highest BCUT2D eigenvalue weighted by Gasteiger charge is 2.31. The number of hydrogen-bond acceptors (Lipinski definition) is 4. The molecule has 4 rings (SSSR count). The van der Waals surface area contributed by atoms with Gasteiger partial charge in [0.05, 0.1) is 32.8 Å². The van der Waals surface area contributed by atoms with Crippen molar-refractivity contribution < 1.29 is 19.4 Å². The molecule has 1 heterocycles. The van der Waals surface area contributed by atoms with E-state index in [1.807, 2.05) is 45.2 Å². The van der Waals surface area contributed by atoms with Crippen LogP contribution in [0.2, 0.25) is 20.1 Å². The molecule has 0 saturated heterocycles. The van der Waals surface area contributed by atoms with Crippen molar-refractivity contribution in [1.82, 2.24) is 0 Å². The highest BCUT2D eigenvalue weighted by molar-refractivity contribution is 14.1. The van der Waals surface area contributed by atoms with Crippen LogP contribution in [-0.4, -0.2) is 16.2 Å². The highest BCUT2D eigenvalue weighted by atomic mass is 127. The van der Waals surface area contributed by atoms with E-state index in [4.69, 9.17) is 50.8 Å². The summed E-state index contributed by atoms with van der Waals surface area (Å²) in [6, 6.07) is 3.24. The number of carboxylic acids is 1. The van der Waals surface area contributed by atoms with E-state index in [0.717, 1.165) is 0 Å². The molecule has 0 atom stereocenters. The van der Waals surface area contributed by atoms with Crippen molar-refractivity contribution in [2.45, 2.75) is 13.8 Å². The zero-order chi connectivity index (χ0) is 24.5. The van der Waals surface area contributed by atoms with E-state index >= 15 is 0 Å². The molecule has 2 aromatic carbocycles. The summed E-state index contributed by atoms with van der Waals surface area (Å²) in [6.07, 6.45) is 0. The fraction of sp³-hybridized carbons (Fsp3) is 0.0909. The molecule has 2 aliphatic rings. The fourth-order valence-corrected chi connectivity index (χ4v) is 6.17. The summed E-state index contributed by atoms with van der Waals surface area (Å²) in [4.78, 5) is 25.0. The minimum absolute atomic E-state index is 0.000567. The molecule has 33 heavy (non-hydrogen) atoms. The fourth-order valence-electron chi connectivity index (χ4n) is 3.71. The van der Waals surface area contributed by atoms with Crippen LogP contribution in [0.4, 0.5) is 0 Å². The van der Waals surface area contributed by atoms with E-state index in [2.05, 4.69) is 0 Å². The number of carbonyl (C=O) groups is 1. The largest absolute Gasteiger partial charge is 0.506 e. The van der Waals surface area contributed by atoms with Gasteiger partial charge in [-0.05, 0) is 71.2 Å². The number of rotatable bonds is 2. The van der Waals surface area contributed by atoms with Gasteiger partial charge in [0.1, 0.15) is 17.1 Å². The number of halogens is 6. The van der Waals surface area contributed by atoms with Gasteiger partial charge in [-0.3, -0.25) is 4.79 Å². The number of aromatic carboxylic acids is 1. The third-order valence-electron chi connectivity index (χ3n) is 5.33. The second kappa shape index (κ2) is 8.91. The molecule has 1 aliphatic carbocycles. The number of phenols is 1. The van der Waals surface area contributed by atoms with Gasteiger partial charge >= 0.3 is 5.97 Å². The Kier molecular flexibility index (Phi) is 6.78. The maximum absolute atomic E-state index is 12.7. The van der Waals surface area contributed by atoms with Gasteiger partial charge in [0, 0.05) is 33.2 Å². The second-order valence-corrected chi connectivity index (χ2v) is 11.0. The lowest BCUT2D eigenvalue weighted by Gasteiger charge is -2.22. The monoisotopic (exact) mass is 748 g/mol. The smallest absolute Gasteiger partial charge is 0.337 e. The van der Waals surface area contributed by atoms with Gasteiger partial charge in [-0.2, -0.15) is 0 Å². The van der Waals surface area contributed by atoms with Crippen molar-refractivity contribution in [3.8, 4) is 28.2 Å². The Labute approximate surface area is 234 Å². The van der Waals surface area contributed by atoms with Gasteiger partial charge in [0.15, 0.2) is 5.43 Å². The van der Waals surface area contributed by atoms with Crippen LogP contribution >= 0.6 is 91.6 Å². The first-order chi connectivity index (χ1) is 15.4. The highest BCUT2D eigenvalue weighted by Crippen LogP contribution is 2.52. The lowest BCUT2D eigenvalue weighted by Crippen LogP contribution is -2.12. The molecule has 0 fully saturated rings. The Morgan fingerprint density at radius 1 is 0.909 bits per heavy atom. The lowest BCUT2D eigenvalue weighted by atomic mass is 9.88. The summed E-state index contributed by atoms with van der Waals surface area (Å²) in [7, 11) is 0. The molecule has 11 heteroatoms. The summed E-state index contributed by atoms with van der Waals surface area (Å²) in [6.45, 7) is 3.26. The van der Waals surface area contributed by atoms with Crippen molar-refractivity contribution in [3.63, 3.8) is 0 Å². The molecule has 1 aliphatic heterocycles. The summed E-state index contributed by atoms with van der Waals surface area (Å²) in [5.41, 5.74) is 1.21. The molecule has 2 N–H and O–H groups in total. The van der Waals surface area contributed by atoms with Crippen LogP contribution in [0, 0.1) is 21.0 Å². The van der Waals surface area contributed by atoms with Crippen LogP contribution in [0.25, 0.3) is 33.4 Å². The second-order valence-electron chi connectivity index (χ2n) is 7.19. The molecule has 0 aromatic heterocycles. The number of aryl methyl sites for hydroxylation is 1. The Bertz CT molecular complexity index is 1560. The minimum atomic E-state index is -1.37. The average Bonchev–Trinajstić information content (AvgIpc) is 2.76. The van der Waals surface area contributed by atoms with Crippen LogP contribution in [0.15, 0.2) is 21.3 Å². The standard InChI is InChI=1S/C22H10Cl4I2O5/c1-5-18(29)9(27)3-7-11(8-4-10(28)19(30)6(2)21(8)33-20(5)7)12-13(22(31)32)15(24)17(26)16(25)14(12)23/h3-4,29H,1-2H3,(H,31,32). The molecule has 5 nitrogen and oxygen atoms in total. The zero-order valence-corrected chi connectivity index (χ0v) is 23.9. The topological polar surface area (TPSA) is 87.7 Å². The predicted octanol–water partition coefficient (Wildman–Crippen LogP) is 8.41. The number of hydrogen-bond donors (Lipinski definition) is 2. The normalized spacial score (nSPS) is 11.5. The zero-order valence-electron chi connectivity index (χ0n) is 16.5. The molecular weight excluding hydrogens is 740 g/mol. The predicted molar refractivity (Wildman–Crippen MR) is 148 cm³/mol. The summed E-state index contributed by atoms with van der Waals surface area (Å²) in [5.74, 6) is -1.14. The number of carboxylic acid groups (broad SMARTS) is 1. The Morgan fingerprint density at radius 2 is 1.52 bits per heavy atom. The van der Waals surface area contributed by atoms with Gasteiger partial charge < -0.3 is 14.6 Å². The number of benzene rings is 3. The number of aromatic hydroxyl groups is 1. The van der Waals surface area contributed by atoms with Gasteiger partial charge in [-0.1, -0.05) is 46.4 Å². The van der Waals surface area contributed by atoms with Crippen molar-refractivity contribution in [2.24, 2.45) is 0 Å². The van der Waals surface area contributed by atoms with E-state index in [1.54, 1.807) is 26.0 Å². The van der Waals surface area contributed by atoms with E-state index in [-0.39, 0.29) is 53.7 Å². The van der Waals surface area contributed by atoms with Crippen molar-refractivity contribution >= 4 is 109 Å². The van der Waals surface area contributed by atoms with Gasteiger partial charge in [0.2, 0.25) is 0 Å². The van der Waals surface area contributed by atoms with Crippen LogP contribution < -0.4 is 5.43 Å². The Morgan fingerprint density at radius 3 is 2.12 bits per heavy atom. The van der Waals surface area contributed by atoms with E-state index < -0.39 is 5.97 Å². The van der Waals surface area contributed by atoms with Crippen LogP contribution in [0.3, 0.4) is 0 Å². The molecular formula is C22H10Cl4I2O5. The van der Waals surface area contributed by atoms with E-state index in [1.165, 1.54) is 0 Å². The first kappa shape index (κ1) is 25.1. The molecule has 0 radical (unpaired) electrons. The van der Waals surface area contributed by atoms with Crippen LogP contribution in [0.1, 0.15) is 21.5 Å². The number of fused-ring (bicyclic) bond motifs is 2. The van der Waals surface area contributed by atoms with Gasteiger partial charge in [0.25, 0.3) is 0 Å². The molecule has 0 spiro atoms. The van der Waals surface area contributed by atoms with Crippen LogP contribution in [-0.2, 0) is 0 Å². The van der Waals surface area contributed by atoms with Crippen molar-refractivity contribution in [1.29, 1.82) is 0 Å². The molecule has 170 valence electrons. The molecule has 0 unspecified atom stereocenters. The third kappa shape index (κ3) is 3.79. The maximum atomic E-state index is 12.7. The average molecular weight is 750 g/mol. The Hall–Kier alpha value is -0.980. The van der Waals surface area contributed by atoms with Crippen LogP contribution in [0.5, 0.6) is 5.75 Å².